The Morgan fingerprint density at radius 3 is 2.80 bits per heavy atom. The summed E-state index contributed by atoms with van der Waals surface area (Å²) < 4.78 is 0. The highest BCUT2D eigenvalue weighted by Crippen LogP contribution is 2.30. The smallest absolute Gasteiger partial charge is 0.231 e. The van der Waals surface area contributed by atoms with E-state index < -0.39 is 0 Å². The van der Waals surface area contributed by atoms with Crippen molar-refractivity contribution in [1.29, 1.82) is 0 Å². The average Bonchev–Trinajstić information content (AvgIpc) is 2.88. The fourth-order valence-electron chi connectivity index (χ4n) is 3.66. The minimum atomic E-state index is -0.0307. The molecule has 2 aliphatic heterocycles. The third-order valence-corrected chi connectivity index (χ3v) is 5.30. The molecule has 138 valence electrons. The fourth-order valence-corrected chi connectivity index (χ4v) is 3.66. The Hall–Kier alpha value is -1.59. The Morgan fingerprint density at radius 2 is 2.08 bits per heavy atom. The van der Waals surface area contributed by atoms with Crippen LogP contribution in [0.4, 0.5) is 5.69 Å². The summed E-state index contributed by atoms with van der Waals surface area (Å²) in [4.78, 5) is 25.7. The van der Waals surface area contributed by atoms with Crippen molar-refractivity contribution in [3.63, 3.8) is 0 Å². The van der Waals surface area contributed by atoms with Crippen molar-refractivity contribution >= 4 is 29.9 Å². The lowest BCUT2D eigenvalue weighted by molar-refractivity contribution is -0.122. The molecule has 1 aromatic carbocycles. The molecule has 6 heteroatoms. The Kier molecular flexibility index (Phi) is 6.85. The van der Waals surface area contributed by atoms with E-state index in [2.05, 4.69) is 16.7 Å². The number of fused-ring (bicyclic) bond motifs is 1. The van der Waals surface area contributed by atoms with Crippen molar-refractivity contribution < 1.29 is 9.59 Å². The number of halogens is 1. The first-order chi connectivity index (χ1) is 11.5. The summed E-state index contributed by atoms with van der Waals surface area (Å²) in [5, 5.41) is 6.45. The van der Waals surface area contributed by atoms with Crippen LogP contribution in [0.5, 0.6) is 0 Å². The molecular formula is C19H28ClN3O2. The van der Waals surface area contributed by atoms with Gasteiger partial charge in [-0.1, -0.05) is 12.1 Å². The topological polar surface area (TPSA) is 61.4 Å². The maximum Gasteiger partial charge on any atom is 0.231 e. The third kappa shape index (κ3) is 4.73. The van der Waals surface area contributed by atoms with Crippen LogP contribution in [0, 0.1) is 5.92 Å². The van der Waals surface area contributed by atoms with Gasteiger partial charge in [-0.15, -0.1) is 12.4 Å². The van der Waals surface area contributed by atoms with E-state index in [9.17, 15) is 9.59 Å². The van der Waals surface area contributed by atoms with Crippen molar-refractivity contribution in [3.05, 3.63) is 29.3 Å². The second kappa shape index (κ2) is 8.68. The maximum atomic E-state index is 12.2. The predicted octanol–water partition coefficient (Wildman–Crippen LogP) is 2.58. The number of amides is 2. The minimum absolute atomic E-state index is 0. The minimum Gasteiger partial charge on any atom is -0.350 e. The third-order valence-electron chi connectivity index (χ3n) is 5.30. The van der Waals surface area contributed by atoms with Gasteiger partial charge in [-0.2, -0.15) is 0 Å². The molecule has 1 atom stereocenters. The average molecular weight is 366 g/mol. The van der Waals surface area contributed by atoms with Gasteiger partial charge in [0.15, 0.2) is 0 Å². The van der Waals surface area contributed by atoms with Gasteiger partial charge in [-0.3, -0.25) is 9.59 Å². The summed E-state index contributed by atoms with van der Waals surface area (Å²) in [7, 11) is 1.81. The van der Waals surface area contributed by atoms with E-state index >= 15 is 0 Å². The van der Waals surface area contributed by atoms with Gasteiger partial charge in [-0.05, 0) is 62.4 Å². The van der Waals surface area contributed by atoms with E-state index in [1.807, 2.05) is 19.1 Å². The largest absolute Gasteiger partial charge is 0.350 e. The van der Waals surface area contributed by atoms with Gasteiger partial charge in [0.2, 0.25) is 11.8 Å². The second-order valence-corrected chi connectivity index (χ2v) is 7.04. The molecule has 0 aromatic heterocycles. The number of hydrogen-bond acceptors (Lipinski definition) is 3. The fraction of sp³-hybridized carbons (Fsp3) is 0.579. The molecule has 2 amide bonds. The highest BCUT2D eigenvalue weighted by atomic mass is 35.5. The van der Waals surface area contributed by atoms with Gasteiger partial charge in [0, 0.05) is 19.2 Å². The summed E-state index contributed by atoms with van der Waals surface area (Å²) in [6.07, 6.45) is 4.38. The first-order valence-electron chi connectivity index (χ1n) is 8.94. The van der Waals surface area contributed by atoms with E-state index in [1.54, 1.807) is 11.9 Å². The van der Waals surface area contributed by atoms with Crippen LogP contribution in [0.3, 0.4) is 0 Å². The number of hydrogen-bond donors (Lipinski definition) is 2. The molecule has 2 N–H and O–H groups in total. The van der Waals surface area contributed by atoms with Gasteiger partial charge in [0.05, 0.1) is 12.5 Å². The zero-order valence-electron chi connectivity index (χ0n) is 15.0. The van der Waals surface area contributed by atoms with Crippen LogP contribution in [0.25, 0.3) is 0 Å². The number of nitrogens with one attached hydrogen (secondary N) is 2. The van der Waals surface area contributed by atoms with Crippen molar-refractivity contribution in [2.75, 3.05) is 25.0 Å². The Bertz CT molecular complexity index is 629. The van der Waals surface area contributed by atoms with E-state index in [0.29, 0.717) is 18.8 Å². The second-order valence-electron chi connectivity index (χ2n) is 7.04. The number of piperidine rings is 1. The summed E-state index contributed by atoms with van der Waals surface area (Å²) in [6.45, 7) is 4.15. The molecule has 1 saturated heterocycles. The molecule has 2 heterocycles. The normalized spacial score (nSPS) is 18.5. The summed E-state index contributed by atoms with van der Waals surface area (Å²) >= 11 is 0. The van der Waals surface area contributed by atoms with Crippen molar-refractivity contribution in [2.24, 2.45) is 5.92 Å². The lowest BCUT2D eigenvalue weighted by Crippen LogP contribution is -2.30. The van der Waals surface area contributed by atoms with Gasteiger partial charge in [0.1, 0.15) is 0 Å². The first kappa shape index (κ1) is 19.7. The SMILES string of the molecule is CC(NC(=O)CCC1CCNCC1)c1ccc2c(c1)CC(=O)N2C.Cl. The highest BCUT2D eigenvalue weighted by molar-refractivity contribution is 6.00. The molecule has 0 spiro atoms. The first-order valence-corrected chi connectivity index (χ1v) is 8.94. The van der Waals surface area contributed by atoms with Gasteiger partial charge in [0.25, 0.3) is 0 Å². The standard InChI is InChI=1S/C19H27N3O2.ClH/c1-13(21-18(23)6-3-14-7-9-20-10-8-14)15-4-5-17-16(11-15)12-19(24)22(17)2;/h4-5,11,13-14,20H,3,6-10,12H2,1-2H3,(H,21,23);1H. The number of rotatable bonds is 5. The van der Waals surface area contributed by atoms with Crippen LogP contribution >= 0.6 is 12.4 Å². The van der Waals surface area contributed by atoms with Gasteiger partial charge >= 0.3 is 0 Å². The molecule has 0 bridgehead atoms. The van der Waals surface area contributed by atoms with Crippen LogP contribution in [0.15, 0.2) is 18.2 Å². The van der Waals surface area contributed by atoms with Crippen LogP contribution < -0.4 is 15.5 Å². The zero-order valence-corrected chi connectivity index (χ0v) is 15.8. The number of likely N-dealkylation sites (N-methyl/N-ethyl adjacent to an activating group) is 1. The molecule has 0 aliphatic carbocycles. The number of carbonyl (C=O) groups is 2. The zero-order chi connectivity index (χ0) is 17.1. The molecule has 0 radical (unpaired) electrons. The molecule has 0 saturated carbocycles. The molecule has 25 heavy (non-hydrogen) atoms. The molecule has 1 unspecified atom stereocenters. The van der Waals surface area contributed by atoms with Crippen LogP contribution in [-0.2, 0) is 16.0 Å². The van der Waals surface area contributed by atoms with Crippen molar-refractivity contribution in [1.82, 2.24) is 10.6 Å². The number of carbonyl (C=O) groups excluding carboxylic acids is 2. The van der Waals surface area contributed by atoms with E-state index in [1.165, 1.54) is 12.8 Å². The van der Waals surface area contributed by atoms with E-state index in [-0.39, 0.29) is 30.3 Å². The Balaban J connectivity index is 0.00000225. The lowest BCUT2D eigenvalue weighted by atomic mass is 9.93. The molecule has 2 aliphatic rings. The quantitative estimate of drug-likeness (QED) is 0.843. The lowest BCUT2D eigenvalue weighted by Gasteiger charge is -2.22. The maximum absolute atomic E-state index is 12.2. The monoisotopic (exact) mass is 365 g/mol. The molecule has 3 rings (SSSR count). The number of anilines is 1. The number of benzene rings is 1. The van der Waals surface area contributed by atoms with Crippen LogP contribution in [0.2, 0.25) is 0 Å². The van der Waals surface area contributed by atoms with E-state index in [4.69, 9.17) is 0 Å². The summed E-state index contributed by atoms with van der Waals surface area (Å²) in [6, 6.07) is 6.00. The Morgan fingerprint density at radius 1 is 1.36 bits per heavy atom. The highest BCUT2D eigenvalue weighted by Gasteiger charge is 2.24. The molecule has 1 fully saturated rings. The van der Waals surface area contributed by atoms with Crippen molar-refractivity contribution in [2.45, 2.75) is 45.1 Å². The van der Waals surface area contributed by atoms with E-state index in [0.717, 1.165) is 36.3 Å². The molecule has 1 aromatic rings. The predicted molar refractivity (Wildman–Crippen MR) is 102 cm³/mol. The van der Waals surface area contributed by atoms with Crippen molar-refractivity contribution in [3.8, 4) is 0 Å². The van der Waals surface area contributed by atoms with Gasteiger partial charge in [-0.25, -0.2) is 0 Å². The summed E-state index contributed by atoms with van der Waals surface area (Å²) in [5.41, 5.74) is 3.09. The molecule has 5 nitrogen and oxygen atoms in total. The Labute approximate surface area is 155 Å². The summed E-state index contributed by atoms with van der Waals surface area (Å²) in [5.74, 6) is 0.921. The van der Waals surface area contributed by atoms with Gasteiger partial charge < -0.3 is 15.5 Å². The molecular weight excluding hydrogens is 338 g/mol. The van der Waals surface area contributed by atoms with Crippen LogP contribution in [-0.4, -0.2) is 32.0 Å². The number of nitrogens with zero attached hydrogens (tertiary/aromatic N) is 1. The van der Waals surface area contributed by atoms with Crippen LogP contribution in [0.1, 0.15) is 49.8 Å².